The molecule has 194 valence electrons. The van der Waals surface area contributed by atoms with Gasteiger partial charge in [-0.15, -0.1) is 0 Å². The second-order valence-corrected chi connectivity index (χ2v) is 11.4. The smallest absolute Gasteiger partial charge is 0.223 e. The molecule has 7 atom stereocenters. The average Bonchev–Trinajstić information content (AvgIpc) is 3.45. The highest BCUT2D eigenvalue weighted by atomic mass is 35.5. The van der Waals surface area contributed by atoms with E-state index in [-0.39, 0.29) is 29.8 Å². The Balaban J connectivity index is 1.86. The number of ketones is 1. The molecule has 1 aromatic rings. The molecule has 7 nitrogen and oxygen atoms in total. The summed E-state index contributed by atoms with van der Waals surface area (Å²) in [6.45, 7) is 8.94. The van der Waals surface area contributed by atoms with Gasteiger partial charge in [-0.1, -0.05) is 51.8 Å². The molecule has 3 N–H and O–H groups in total. The van der Waals surface area contributed by atoms with E-state index in [1.54, 1.807) is 33.0 Å². The van der Waals surface area contributed by atoms with Crippen molar-refractivity contribution < 1.29 is 24.5 Å². The Morgan fingerprint density at radius 1 is 1.23 bits per heavy atom. The first-order chi connectivity index (χ1) is 16.3. The monoisotopic (exact) mass is 506 g/mol. The molecule has 2 aliphatic heterocycles. The number of hydrogen-bond acceptors (Lipinski definition) is 6. The number of epoxide rings is 1. The lowest BCUT2D eigenvalue weighted by Crippen LogP contribution is -2.47. The van der Waals surface area contributed by atoms with Gasteiger partial charge in [-0.05, 0) is 43.9 Å². The summed E-state index contributed by atoms with van der Waals surface area (Å²) < 4.78 is 6.03. The Morgan fingerprint density at radius 3 is 2.60 bits per heavy atom. The molecule has 0 spiro atoms. The molecule has 1 amide bonds. The van der Waals surface area contributed by atoms with Crippen LogP contribution in [0.15, 0.2) is 29.4 Å². The summed E-state index contributed by atoms with van der Waals surface area (Å²) in [6, 6.07) is 4.98. The number of nitrogens with zero attached hydrogens (tertiary/aromatic N) is 1. The number of carbonyl (C=O) groups is 2. The normalized spacial score (nSPS) is 37.3. The van der Waals surface area contributed by atoms with Crippen molar-refractivity contribution in [3.8, 4) is 0 Å². The van der Waals surface area contributed by atoms with Gasteiger partial charge in [-0.2, -0.15) is 0 Å². The van der Waals surface area contributed by atoms with Crippen molar-refractivity contribution in [2.45, 2.75) is 96.7 Å². The number of carbonyl (C=O) groups excluding carboxylic acids is 2. The molecule has 8 heteroatoms. The van der Waals surface area contributed by atoms with Crippen LogP contribution in [0.1, 0.15) is 72.4 Å². The summed E-state index contributed by atoms with van der Waals surface area (Å²) in [7, 11) is 0. The van der Waals surface area contributed by atoms with E-state index in [0.29, 0.717) is 17.1 Å². The van der Waals surface area contributed by atoms with Crippen molar-refractivity contribution in [2.75, 3.05) is 0 Å². The van der Waals surface area contributed by atoms with Gasteiger partial charge in [0, 0.05) is 23.6 Å². The van der Waals surface area contributed by atoms with E-state index >= 15 is 0 Å². The lowest BCUT2D eigenvalue weighted by Gasteiger charge is -2.34. The van der Waals surface area contributed by atoms with E-state index in [9.17, 15) is 19.8 Å². The highest BCUT2D eigenvalue weighted by molar-refractivity contribution is 6.32. The summed E-state index contributed by atoms with van der Waals surface area (Å²) >= 11 is 6.66. The zero-order valence-electron chi connectivity index (χ0n) is 21.3. The number of aromatic nitrogens is 1. The third-order valence-corrected chi connectivity index (χ3v) is 8.19. The Hall–Kier alpha value is -1.80. The van der Waals surface area contributed by atoms with Crippen molar-refractivity contribution in [3.63, 3.8) is 0 Å². The lowest BCUT2D eigenvalue weighted by molar-refractivity contribution is -0.143. The first-order valence-corrected chi connectivity index (χ1v) is 12.9. The van der Waals surface area contributed by atoms with E-state index in [2.05, 4.69) is 17.2 Å². The fourth-order valence-electron chi connectivity index (χ4n) is 4.99. The molecule has 0 saturated carbocycles. The number of aliphatic hydroxyl groups excluding tert-OH is 2. The van der Waals surface area contributed by atoms with E-state index in [4.69, 9.17) is 16.3 Å². The Labute approximate surface area is 213 Å². The Bertz CT molecular complexity index is 937. The number of fused-ring (bicyclic) bond motifs is 1. The first kappa shape index (κ1) is 27.8. The number of nitrogens with one attached hydrogen (secondary N) is 1. The molecule has 0 aromatic carbocycles. The van der Waals surface area contributed by atoms with Crippen molar-refractivity contribution in [1.82, 2.24) is 10.3 Å². The molecule has 35 heavy (non-hydrogen) atoms. The summed E-state index contributed by atoms with van der Waals surface area (Å²) in [5.41, 5.74) is -0.849. The van der Waals surface area contributed by atoms with E-state index < -0.39 is 35.5 Å². The number of amides is 1. The molecule has 2 unspecified atom stereocenters. The minimum absolute atomic E-state index is 0.0753. The Kier molecular flexibility index (Phi) is 8.79. The van der Waals surface area contributed by atoms with Crippen LogP contribution in [0.2, 0.25) is 0 Å². The SMILES string of the molecule is C[C@H]1CCCC2(C)OC2C[C@@H](C(Cl)=Cc2ccccn2)NC(=O)C[C@H](O)C(C)(C)C(=O)[C@H](C)[C@H]1O. The average molecular weight is 507 g/mol. The van der Waals surface area contributed by atoms with Gasteiger partial charge in [0.2, 0.25) is 5.91 Å². The standard InChI is InChI=1S/C27H39ClN2O5/c1-16-9-8-11-27(5)22(35-27)14-20(19(28)13-18-10-6-7-12-29-18)30-23(32)15-21(31)26(3,4)25(34)17(2)24(16)33/h6-7,10,12-13,16-17,20-22,24,31,33H,8-9,11,14-15H2,1-5H3,(H,30,32)/t16-,17+,20-,21-,22?,24-,27?/m0/s1. The van der Waals surface area contributed by atoms with Gasteiger partial charge in [0.05, 0.1) is 47.5 Å². The maximum absolute atomic E-state index is 13.2. The molecule has 3 rings (SSSR count). The lowest BCUT2D eigenvalue weighted by atomic mass is 9.72. The quantitative estimate of drug-likeness (QED) is 0.525. The fraction of sp³-hybridized carbons (Fsp3) is 0.667. The van der Waals surface area contributed by atoms with E-state index in [1.807, 2.05) is 25.1 Å². The van der Waals surface area contributed by atoms with Crippen molar-refractivity contribution in [1.29, 1.82) is 0 Å². The molecule has 3 heterocycles. The van der Waals surface area contributed by atoms with Gasteiger partial charge in [0.1, 0.15) is 5.78 Å². The number of ether oxygens (including phenoxy) is 1. The van der Waals surface area contributed by atoms with Crippen LogP contribution in [0.5, 0.6) is 0 Å². The zero-order chi connectivity index (χ0) is 26.0. The van der Waals surface area contributed by atoms with Gasteiger partial charge < -0.3 is 20.3 Å². The molecule has 2 saturated heterocycles. The molecule has 0 radical (unpaired) electrons. The van der Waals surface area contributed by atoms with Crippen LogP contribution in [-0.2, 0) is 14.3 Å². The second-order valence-electron chi connectivity index (χ2n) is 11.0. The summed E-state index contributed by atoms with van der Waals surface area (Å²) in [5.74, 6) is -1.41. The van der Waals surface area contributed by atoms with E-state index in [0.717, 1.165) is 19.3 Å². The first-order valence-electron chi connectivity index (χ1n) is 12.5. The number of aliphatic hydroxyl groups is 2. The molecule has 0 bridgehead atoms. The van der Waals surface area contributed by atoms with Crippen LogP contribution in [0.3, 0.4) is 0 Å². The highest BCUT2D eigenvalue weighted by Crippen LogP contribution is 2.44. The Morgan fingerprint density at radius 2 is 1.94 bits per heavy atom. The fourth-order valence-corrected chi connectivity index (χ4v) is 5.25. The van der Waals surface area contributed by atoms with Crippen molar-refractivity contribution in [2.24, 2.45) is 17.3 Å². The predicted octanol–water partition coefficient (Wildman–Crippen LogP) is 3.86. The van der Waals surface area contributed by atoms with Gasteiger partial charge in [-0.25, -0.2) is 0 Å². The summed E-state index contributed by atoms with van der Waals surface area (Å²) in [5, 5.41) is 25.0. The van der Waals surface area contributed by atoms with E-state index in [1.165, 1.54) is 0 Å². The van der Waals surface area contributed by atoms with Crippen LogP contribution in [0.25, 0.3) is 6.08 Å². The maximum Gasteiger partial charge on any atom is 0.223 e. The molecule has 2 aliphatic rings. The topological polar surface area (TPSA) is 112 Å². The van der Waals surface area contributed by atoms with Gasteiger partial charge >= 0.3 is 0 Å². The number of hydrogen-bond donors (Lipinski definition) is 3. The summed E-state index contributed by atoms with van der Waals surface area (Å²) in [4.78, 5) is 30.5. The molecule has 0 aliphatic carbocycles. The second kappa shape index (κ2) is 11.1. The number of rotatable bonds is 2. The van der Waals surface area contributed by atoms with Crippen LogP contribution < -0.4 is 5.32 Å². The summed E-state index contributed by atoms with van der Waals surface area (Å²) in [6.07, 6.45) is 3.91. The van der Waals surface area contributed by atoms with Crippen LogP contribution in [-0.4, -0.2) is 56.8 Å². The molecule has 1 aromatic heterocycles. The minimum atomic E-state index is -1.21. The molecule has 2 fully saturated rings. The zero-order valence-corrected chi connectivity index (χ0v) is 22.1. The largest absolute Gasteiger partial charge is 0.392 e. The highest BCUT2D eigenvalue weighted by Gasteiger charge is 2.52. The molecular weight excluding hydrogens is 468 g/mol. The van der Waals surface area contributed by atoms with Crippen LogP contribution in [0, 0.1) is 17.3 Å². The number of Topliss-reactive ketones (excluding diaryl/α,β-unsaturated/α-hetero) is 1. The predicted molar refractivity (Wildman–Crippen MR) is 135 cm³/mol. The number of halogens is 1. The van der Waals surface area contributed by atoms with Crippen molar-refractivity contribution >= 4 is 29.4 Å². The van der Waals surface area contributed by atoms with Crippen LogP contribution in [0.4, 0.5) is 0 Å². The molecular formula is C27H39ClN2O5. The minimum Gasteiger partial charge on any atom is -0.392 e. The number of pyridine rings is 1. The van der Waals surface area contributed by atoms with Gasteiger partial charge in [0.25, 0.3) is 0 Å². The van der Waals surface area contributed by atoms with Gasteiger partial charge in [-0.3, -0.25) is 14.6 Å². The maximum atomic E-state index is 13.2. The third kappa shape index (κ3) is 6.70. The third-order valence-electron chi connectivity index (χ3n) is 7.82. The van der Waals surface area contributed by atoms with Crippen LogP contribution >= 0.6 is 11.6 Å². The van der Waals surface area contributed by atoms with Crippen molar-refractivity contribution in [3.05, 3.63) is 35.1 Å². The van der Waals surface area contributed by atoms with Gasteiger partial charge in [0.15, 0.2) is 0 Å².